The van der Waals surface area contributed by atoms with Crippen molar-refractivity contribution in [3.63, 3.8) is 0 Å². The zero-order valence-corrected chi connectivity index (χ0v) is 14.5. The second-order valence-electron chi connectivity index (χ2n) is 8.95. The quantitative estimate of drug-likeness (QED) is 0.838. The Kier molecular flexibility index (Phi) is 5.48. The topological polar surface area (TPSA) is 15.3 Å². The van der Waals surface area contributed by atoms with Crippen LogP contribution in [-0.4, -0.2) is 36.6 Å². The monoisotopic (exact) mass is 268 g/mol. The first kappa shape index (κ1) is 17.0. The molecule has 0 aromatic heterocycles. The minimum absolute atomic E-state index is 0.354. The van der Waals surface area contributed by atoms with Crippen LogP contribution in [0.15, 0.2) is 0 Å². The molecule has 2 nitrogen and oxygen atoms in total. The molecule has 1 fully saturated rings. The highest BCUT2D eigenvalue weighted by Crippen LogP contribution is 2.29. The molecule has 0 amide bonds. The van der Waals surface area contributed by atoms with Crippen LogP contribution in [-0.2, 0) is 0 Å². The van der Waals surface area contributed by atoms with Gasteiger partial charge in [0.15, 0.2) is 0 Å². The van der Waals surface area contributed by atoms with Gasteiger partial charge in [0.2, 0.25) is 0 Å². The van der Waals surface area contributed by atoms with Gasteiger partial charge in [-0.25, -0.2) is 0 Å². The van der Waals surface area contributed by atoms with Gasteiger partial charge < -0.3 is 5.32 Å². The lowest BCUT2D eigenvalue weighted by molar-refractivity contribution is 0.0385. The molecule has 0 spiro atoms. The highest BCUT2D eigenvalue weighted by Gasteiger charge is 2.36. The Morgan fingerprint density at radius 3 is 2.11 bits per heavy atom. The number of nitrogens with zero attached hydrogens (tertiary/aromatic N) is 1. The molecule has 1 aliphatic heterocycles. The summed E-state index contributed by atoms with van der Waals surface area (Å²) in [6.45, 7) is 22.4. The van der Waals surface area contributed by atoms with E-state index in [1.165, 1.54) is 19.5 Å². The van der Waals surface area contributed by atoms with E-state index in [1.807, 2.05) is 0 Å². The van der Waals surface area contributed by atoms with Crippen LogP contribution in [0.3, 0.4) is 0 Å². The molecule has 2 heteroatoms. The summed E-state index contributed by atoms with van der Waals surface area (Å²) in [5, 5.41) is 3.76. The van der Waals surface area contributed by atoms with E-state index in [0.29, 0.717) is 22.9 Å². The smallest absolute Gasteiger partial charge is 0.0269 e. The highest BCUT2D eigenvalue weighted by molar-refractivity contribution is 4.93. The summed E-state index contributed by atoms with van der Waals surface area (Å²) in [6, 6.07) is 1.31. The highest BCUT2D eigenvalue weighted by atomic mass is 15.2. The zero-order chi connectivity index (χ0) is 14.8. The summed E-state index contributed by atoms with van der Waals surface area (Å²) >= 11 is 0. The fraction of sp³-hybridized carbons (Fsp3) is 1.00. The first-order chi connectivity index (χ1) is 8.50. The molecule has 0 aliphatic carbocycles. The van der Waals surface area contributed by atoms with Gasteiger partial charge in [-0.15, -0.1) is 0 Å². The molecule has 1 saturated heterocycles. The fourth-order valence-electron chi connectivity index (χ4n) is 2.86. The first-order valence-corrected chi connectivity index (χ1v) is 7.98. The predicted octanol–water partition coefficient (Wildman–Crippen LogP) is 3.77. The molecule has 0 aromatic rings. The Morgan fingerprint density at radius 1 is 1.11 bits per heavy atom. The Balaban J connectivity index is 2.71. The van der Waals surface area contributed by atoms with E-state index in [-0.39, 0.29) is 0 Å². The molecule has 1 aliphatic rings. The Hall–Kier alpha value is -0.0800. The lowest BCUT2D eigenvalue weighted by Gasteiger charge is -2.48. The van der Waals surface area contributed by atoms with Gasteiger partial charge in [-0.3, -0.25) is 4.90 Å². The largest absolute Gasteiger partial charge is 0.311 e. The van der Waals surface area contributed by atoms with Gasteiger partial charge >= 0.3 is 0 Å². The molecular formula is C17H36N2. The fourth-order valence-corrected chi connectivity index (χ4v) is 2.86. The van der Waals surface area contributed by atoms with Crippen LogP contribution >= 0.6 is 0 Å². The summed E-state index contributed by atoms with van der Waals surface area (Å²) in [6.07, 6.45) is 1.28. The van der Waals surface area contributed by atoms with Gasteiger partial charge in [0, 0.05) is 25.2 Å². The predicted molar refractivity (Wildman–Crippen MR) is 85.5 cm³/mol. The van der Waals surface area contributed by atoms with Crippen LogP contribution in [0, 0.1) is 16.7 Å². The molecule has 0 bridgehead atoms. The average Bonchev–Trinajstić information content (AvgIpc) is 2.23. The van der Waals surface area contributed by atoms with Crippen LogP contribution < -0.4 is 5.32 Å². The maximum Gasteiger partial charge on any atom is 0.0269 e. The van der Waals surface area contributed by atoms with E-state index in [4.69, 9.17) is 0 Å². The number of hydrogen-bond donors (Lipinski definition) is 1. The van der Waals surface area contributed by atoms with Crippen molar-refractivity contribution in [2.24, 2.45) is 16.7 Å². The van der Waals surface area contributed by atoms with Crippen LogP contribution in [0.25, 0.3) is 0 Å². The molecule has 0 saturated carbocycles. The van der Waals surface area contributed by atoms with Crippen molar-refractivity contribution < 1.29 is 0 Å². The molecule has 1 N–H and O–H groups in total. The van der Waals surface area contributed by atoms with Crippen LogP contribution in [0.5, 0.6) is 0 Å². The first-order valence-electron chi connectivity index (χ1n) is 7.98. The summed E-state index contributed by atoms with van der Waals surface area (Å²) in [5.41, 5.74) is 0.785. The number of rotatable bonds is 3. The van der Waals surface area contributed by atoms with Crippen molar-refractivity contribution in [2.75, 3.05) is 19.6 Å². The van der Waals surface area contributed by atoms with E-state index >= 15 is 0 Å². The van der Waals surface area contributed by atoms with Gasteiger partial charge in [0.1, 0.15) is 0 Å². The lowest BCUT2D eigenvalue weighted by atomic mass is 9.82. The van der Waals surface area contributed by atoms with Crippen molar-refractivity contribution >= 4 is 0 Å². The molecular weight excluding hydrogens is 232 g/mol. The third-order valence-corrected chi connectivity index (χ3v) is 4.40. The van der Waals surface area contributed by atoms with Crippen LogP contribution in [0.2, 0.25) is 0 Å². The minimum Gasteiger partial charge on any atom is -0.311 e. The molecule has 114 valence electrons. The molecule has 19 heavy (non-hydrogen) atoms. The maximum atomic E-state index is 3.76. The zero-order valence-electron chi connectivity index (χ0n) is 14.5. The number of nitrogens with one attached hydrogen (secondary N) is 1. The van der Waals surface area contributed by atoms with E-state index in [2.05, 4.69) is 65.6 Å². The summed E-state index contributed by atoms with van der Waals surface area (Å²) in [5.74, 6) is 0.720. The normalized spacial score (nSPS) is 27.0. The van der Waals surface area contributed by atoms with Crippen LogP contribution in [0.1, 0.15) is 61.8 Å². The second kappa shape index (κ2) is 6.13. The van der Waals surface area contributed by atoms with Gasteiger partial charge in [-0.1, -0.05) is 55.4 Å². The van der Waals surface area contributed by atoms with E-state index in [0.717, 1.165) is 12.5 Å². The molecule has 2 unspecified atom stereocenters. The van der Waals surface area contributed by atoms with Gasteiger partial charge in [-0.2, -0.15) is 0 Å². The van der Waals surface area contributed by atoms with Crippen molar-refractivity contribution in [2.45, 2.75) is 73.9 Å². The Bertz CT molecular complexity index is 270. The van der Waals surface area contributed by atoms with Crippen molar-refractivity contribution in [1.29, 1.82) is 0 Å². The van der Waals surface area contributed by atoms with Crippen molar-refractivity contribution in [3.05, 3.63) is 0 Å². The Labute approximate surface area is 121 Å². The number of piperazine rings is 1. The third kappa shape index (κ3) is 5.43. The lowest BCUT2D eigenvalue weighted by Crippen LogP contribution is -2.62. The molecule has 2 atom stereocenters. The van der Waals surface area contributed by atoms with Crippen molar-refractivity contribution in [1.82, 2.24) is 10.2 Å². The van der Waals surface area contributed by atoms with E-state index in [9.17, 15) is 0 Å². The second-order valence-corrected chi connectivity index (χ2v) is 8.95. The van der Waals surface area contributed by atoms with Crippen molar-refractivity contribution in [3.8, 4) is 0 Å². The van der Waals surface area contributed by atoms with Crippen LogP contribution in [0.4, 0.5) is 0 Å². The average molecular weight is 268 g/mol. The molecule has 0 radical (unpaired) electrons. The van der Waals surface area contributed by atoms with Gasteiger partial charge in [-0.05, 0) is 29.7 Å². The molecule has 1 rings (SSSR count). The van der Waals surface area contributed by atoms with E-state index in [1.54, 1.807) is 0 Å². The molecule has 0 aromatic carbocycles. The summed E-state index contributed by atoms with van der Waals surface area (Å²) in [7, 11) is 0. The van der Waals surface area contributed by atoms with E-state index < -0.39 is 0 Å². The van der Waals surface area contributed by atoms with Gasteiger partial charge in [0.25, 0.3) is 0 Å². The maximum absolute atomic E-state index is 3.76. The minimum atomic E-state index is 0.354. The Morgan fingerprint density at radius 2 is 1.68 bits per heavy atom. The number of hydrogen-bond acceptors (Lipinski definition) is 2. The summed E-state index contributed by atoms with van der Waals surface area (Å²) in [4.78, 5) is 2.74. The molecule has 1 heterocycles. The van der Waals surface area contributed by atoms with Gasteiger partial charge in [0.05, 0.1) is 0 Å². The SMILES string of the molecule is CC(C)C1CN(CCC(C)(C)C)C(C(C)(C)C)CN1. The third-order valence-electron chi connectivity index (χ3n) is 4.40. The standard InChI is InChI=1S/C17H36N2/c1-13(2)14-12-19(10-9-16(3,4)5)15(11-18-14)17(6,7)8/h13-15,18H,9-12H2,1-8H3. The summed E-state index contributed by atoms with van der Waals surface area (Å²) < 4.78 is 0.